The smallest absolute Gasteiger partial charge is 0.115 e. The fourth-order valence-electron chi connectivity index (χ4n) is 1.06. The van der Waals surface area contributed by atoms with Gasteiger partial charge >= 0.3 is 0 Å². The lowest BCUT2D eigenvalue weighted by Crippen LogP contribution is -2.13. The molecule has 0 heterocycles. The molecule has 0 spiro atoms. The van der Waals surface area contributed by atoms with Crippen LogP contribution >= 0.6 is 0 Å². The Bertz CT molecular complexity index is 301. The van der Waals surface area contributed by atoms with Gasteiger partial charge in [0.25, 0.3) is 0 Å². The van der Waals surface area contributed by atoms with Crippen LogP contribution in [0.1, 0.15) is 12.0 Å². The fourth-order valence-corrected chi connectivity index (χ4v) is 1.06. The Hall–Kier alpha value is -1.46. The largest absolute Gasteiger partial charge is 0.508 e. The highest BCUT2D eigenvalue weighted by Crippen LogP contribution is 2.10. The second kappa shape index (κ2) is 5.23. The lowest BCUT2D eigenvalue weighted by Gasteiger charge is -2.02. The molecule has 2 nitrogen and oxygen atoms in total. The van der Waals surface area contributed by atoms with E-state index >= 15 is 0 Å². The predicted molar refractivity (Wildman–Crippen MR) is 53.3 cm³/mol. The van der Waals surface area contributed by atoms with E-state index in [9.17, 15) is 0 Å². The van der Waals surface area contributed by atoms with Crippen molar-refractivity contribution in [1.29, 1.82) is 0 Å². The minimum absolute atomic E-state index is 0.302. The number of hydrogen-bond acceptors (Lipinski definition) is 2. The number of hydrogen-bond donors (Lipinski definition) is 2. The van der Waals surface area contributed by atoms with Gasteiger partial charge in [-0.3, -0.25) is 0 Å². The first kappa shape index (κ1) is 9.63. The molecule has 0 saturated carbocycles. The Morgan fingerprint density at radius 1 is 1.46 bits per heavy atom. The molecule has 1 rings (SSSR count). The highest BCUT2D eigenvalue weighted by molar-refractivity contribution is 5.26. The molecular formula is C11H13NO. The molecule has 1 aromatic carbocycles. The van der Waals surface area contributed by atoms with E-state index in [1.807, 2.05) is 12.1 Å². The van der Waals surface area contributed by atoms with Crippen LogP contribution in [-0.4, -0.2) is 11.7 Å². The molecule has 0 radical (unpaired) electrons. The minimum Gasteiger partial charge on any atom is -0.508 e. The normalized spacial score (nSPS) is 9.46. The summed E-state index contributed by atoms with van der Waals surface area (Å²) < 4.78 is 0. The first-order valence-electron chi connectivity index (χ1n) is 4.25. The maximum atomic E-state index is 9.16. The summed E-state index contributed by atoms with van der Waals surface area (Å²) in [6, 6.07) is 7.18. The average molecular weight is 175 g/mol. The Morgan fingerprint density at radius 3 is 3.00 bits per heavy atom. The van der Waals surface area contributed by atoms with Crippen molar-refractivity contribution in [3.63, 3.8) is 0 Å². The summed E-state index contributed by atoms with van der Waals surface area (Å²) in [5, 5.41) is 12.3. The van der Waals surface area contributed by atoms with Gasteiger partial charge in [-0.1, -0.05) is 12.1 Å². The van der Waals surface area contributed by atoms with E-state index in [0.29, 0.717) is 5.75 Å². The third kappa shape index (κ3) is 3.64. The SMILES string of the molecule is C#CCCNCc1cccc(O)c1. The van der Waals surface area contributed by atoms with E-state index in [1.54, 1.807) is 12.1 Å². The summed E-state index contributed by atoms with van der Waals surface area (Å²) in [6.45, 7) is 1.56. The molecule has 0 aromatic heterocycles. The number of terminal acetylenes is 1. The van der Waals surface area contributed by atoms with Gasteiger partial charge in [0, 0.05) is 19.5 Å². The third-order valence-corrected chi connectivity index (χ3v) is 1.69. The predicted octanol–water partition coefficient (Wildman–Crippen LogP) is 1.51. The van der Waals surface area contributed by atoms with Crippen molar-refractivity contribution >= 4 is 0 Å². The van der Waals surface area contributed by atoms with E-state index in [4.69, 9.17) is 11.5 Å². The molecule has 0 amide bonds. The van der Waals surface area contributed by atoms with Crippen LogP contribution in [0.25, 0.3) is 0 Å². The molecule has 0 atom stereocenters. The number of rotatable bonds is 4. The molecular weight excluding hydrogens is 162 g/mol. The van der Waals surface area contributed by atoms with E-state index in [-0.39, 0.29) is 0 Å². The molecule has 0 aliphatic rings. The number of aromatic hydroxyl groups is 1. The number of nitrogens with one attached hydrogen (secondary N) is 1. The van der Waals surface area contributed by atoms with Crippen molar-refractivity contribution in [3.05, 3.63) is 29.8 Å². The first-order chi connectivity index (χ1) is 6.33. The lowest BCUT2D eigenvalue weighted by atomic mass is 10.2. The van der Waals surface area contributed by atoms with Crippen LogP contribution < -0.4 is 5.32 Å². The van der Waals surface area contributed by atoms with Crippen molar-refractivity contribution in [2.75, 3.05) is 6.54 Å². The molecule has 0 saturated heterocycles. The summed E-state index contributed by atoms with van der Waals surface area (Å²) in [4.78, 5) is 0. The molecule has 2 heteroatoms. The maximum Gasteiger partial charge on any atom is 0.115 e. The molecule has 0 aliphatic heterocycles. The lowest BCUT2D eigenvalue weighted by molar-refractivity contribution is 0.474. The van der Waals surface area contributed by atoms with E-state index in [0.717, 1.165) is 25.1 Å². The van der Waals surface area contributed by atoms with Gasteiger partial charge in [0.15, 0.2) is 0 Å². The summed E-state index contributed by atoms with van der Waals surface area (Å²) in [7, 11) is 0. The average Bonchev–Trinajstić information content (AvgIpc) is 2.13. The molecule has 0 bridgehead atoms. The van der Waals surface area contributed by atoms with E-state index < -0.39 is 0 Å². The Morgan fingerprint density at radius 2 is 2.31 bits per heavy atom. The molecule has 2 N–H and O–H groups in total. The van der Waals surface area contributed by atoms with Crippen LogP contribution in [-0.2, 0) is 6.54 Å². The molecule has 13 heavy (non-hydrogen) atoms. The molecule has 1 aromatic rings. The zero-order valence-electron chi connectivity index (χ0n) is 7.46. The first-order valence-corrected chi connectivity index (χ1v) is 4.25. The second-order valence-electron chi connectivity index (χ2n) is 2.80. The van der Waals surface area contributed by atoms with E-state index in [2.05, 4.69) is 11.2 Å². The van der Waals surface area contributed by atoms with Gasteiger partial charge in [-0.05, 0) is 17.7 Å². The Labute approximate surface area is 78.6 Å². The zero-order chi connectivity index (χ0) is 9.52. The van der Waals surface area contributed by atoms with Crippen LogP contribution in [0.4, 0.5) is 0 Å². The van der Waals surface area contributed by atoms with Gasteiger partial charge in [-0.2, -0.15) is 0 Å². The van der Waals surface area contributed by atoms with Crippen molar-refractivity contribution in [2.24, 2.45) is 0 Å². The van der Waals surface area contributed by atoms with Gasteiger partial charge in [0.05, 0.1) is 0 Å². The molecule has 0 fully saturated rings. The quantitative estimate of drug-likeness (QED) is 0.537. The van der Waals surface area contributed by atoms with E-state index in [1.165, 1.54) is 0 Å². The number of phenolic OH excluding ortho intramolecular Hbond substituents is 1. The minimum atomic E-state index is 0.302. The highest BCUT2D eigenvalue weighted by Gasteiger charge is 1.92. The zero-order valence-corrected chi connectivity index (χ0v) is 7.46. The van der Waals surface area contributed by atoms with Crippen LogP contribution in [0, 0.1) is 12.3 Å². The standard InChI is InChI=1S/C11H13NO/c1-2-3-7-12-9-10-5-4-6-11(13)8-10/h1,4-6,8,12-13H,3,7,9H2. The summed E-state index contributed by atoms with van der Waals surface area (Å²) >= 11 is 0. The van der Waals surface area contributed by atoms with Gasteiger partial charge in [0.1, 0.15) is 5.75 Å². The van der Waals surface area contributed by atoms with Crippen LogP contribution in [0.5, 0.6) is 5.75 Å². The van der Waals surface area contributed by atoms with Gasteiger partial charge in [0.2, 0.25) is 0 Å². The van der Waals surface area contributed by atoms with Gasteiger partial charge < -0.3 is 10.4 Å². The summed E-state index contributed by atoms with van der Waals surface area (Å²) in [5.41, 5.74) is 1.07. The van der Waals surface area contributed by atoms with Crippen LogP contribution in [0.2, 0.25) is 0 Å². The number of benzene rings is 1. The Balaban J connectivity index is 2.33. The second-order valence-corrected chi connectivity index (χ2v) is 2.80. The van der Waals surface area contributed by atoms with Gasteiger partial charge in [-0.15, -0.1) is 12.3 Å². The molecule has 0 unspecified atom stereocenters. The van der Waals surface area contributed by atoms with Crippen molar-refractivity contribution in [3.8, 4) is 18.1 Å². The van der Waals surface area contributed by atoms with Gasteiger partial charge in [-0.25, -0.2) is 0 Å². The van der Waals surface area contributed by atoms with Crippen LogP contribution in [0.15, 0.2) is 24.3 Å². The monoisotopic (exact) mass is 175 g/mol. The molecule has 0 aliphatic carbocycles. The summed E-state index contributed by atoms with van der Waals surface area (Å²) in [5.74, 6) is 2.86. The van der Waals surface area contributed by atoms with Crippen molar-refractivity contribution in [1.82, 2.24) is 5.32 Å². The van der Waals surface area contributed by atoms with Crippen molar-refractivity contribution < 1.29 is 5.11 Å². The van der Waals surface area contributed by atoms with Crippen molar-refractivity contribution in [2.45, 2.75) is 13.0 Å². The number of phenols is 1. The third-order valence-electron chi connectivity index (χ3n) is 1.69. The fraction of sp³-hybridized carbons (Fsp3) is 0.273. The van der Waals surface area contributed by atoms with Crippen LogP contribution in [0.3, 0.4) is 0 Å². The summed E-state index contributed by atoms with van der Waals surface area (Å²) in [6.07, 6.45) is 5.84. The Kier molecular flexibility index (Phi) is 3.87. The highest BCUT2D eigenvalue weighted by atomic mass is 16.3. The maximum absolute atomic E-state index is 9.16. The molecule has 68 valence electrons. The topological polar surface area (TPSA) is 32.3 Å².